The zero-order valence-corrected chi connectivity index (χ0v) is 22.6. The van der Waals surface area contributed by atoms with E-state index in [1.807, 2.05) is 0 Å². The summed E-state index contributed by atoms with van der Waals surface area (Å²) in [7, 11) is 0. The fraction of sp³-hybridized carbons (Fsp3) is 0.273. The Morgan fingerprint density at radius 1 is 0.692 bits per heavy atom. The van der Waals surface area contributed by atoms with Crippen molar-refractivity contribution in [3.63, 3.8) is 0 Å². The van der Waals surface area contributed by atoms with Crippen LogP contribution in [0.4, 0.5) is 0 Å². The van der Waals surface area contributed by atoms with Gasteiger partial charge in [0.1, 0.15) is 0 Å². The van der Waals surface area contributed by atoms with Gasteiger partial charge in [0.15, 0.2) is 0 Å². The molecule has 0 fully saturated rings. The molecule has 0 saturated carbocycles. The molecule has 138 valence electrons. The van der Waals surface area contributed by atoms with Gasteiger partial charge in [0.2, 0.25) is 0 Å². The predicted molar refractivity (Wildman–Crippen MR) is 120 cm³/mol. The maximum atomic E-state index is 2.70. The summed E-state index contributed by atoms with van der Waals surface area (Å²) in [6.07, 6.45) is 4.88. The van der Waals surface area contributed by atoms with Gasteiger partial charge in [0, 0.05) is 0 Å². The van der Waals surface area contributed by atoms with Crippen LogP contribution in [-0.2, 0) is 17.1 Å². The van der Waals surface area contributed by atoms with Crippen molar-refractivity contribution in [3.05, 3.63) is 81.9 Å². The van der Waals surface area contributed by atoms with E-state index in [1.54, 1.807) is 22.3 Å². The Morgan fingerprint density at radius 3 is 1.42 bits per heavy atom. The van der Waals surface area contributed by atoms with Crippen LogP contribution in [-0.4, -0.2) is 6.94 Å². The van der Waals surface area contributed by atoms with Crippen LogP contribution in [0.5, 0.6) is 0 Å². The Kier molecular flexibility index (Phi) is 6.06. The fourth-order valence-corrected chi connectivity index (χ4v) is 36.3. The molecular formula is C22H28Cl2HfSi. The third-order valence-corrected chi connectivity index (χ3v) is 32.0. The molecule has 0 bridgehead atoms. The molecule has 2 aromatic rings. The minimum absolute atomic E-state index is 0. The first-order valence-corrected chi connectivity index (χ1v) is 28.6. The molecule has 0 radical (unpaired) electrons. The fourth-order valence-electron chi connectivity index (χ4n) is 5.64. The molecule has 4 rings (SSSR count). The van der Waals surface area contributed by atoms with Gasteiger partial charge >= 0.3 is 149 Å². The predicted octanol–water partition coefficient (Wildman–Crippen LogP) is 6.48. The minimum Gasteiger partial charge on any atom is -0.147 e. The number of hydrogen-bond acceptors (Lipinski definition) is 0. The molecule has 2 aliphatic carbocycles. The summed E-state index contributed by atoms with van der Waals surface area (Å²) in [6.45, 7) is 7.14. The van der Waals surface area contributed by atoms with Crippen molar-refractivity contribution in [2.24, 2.45) is 0 Å². The molecule has 0 heterocycles. The Hall–Kier alpha value is -0.413. The summed E-state index contributed by atoms with van der Waals surface area (Å²) in [6, 6.07) is 18.1. The van der Waals surface area contributed by atoms with Gasteiger partial charge in [-0.1, -0.05) is 0 Å². The molecule has 0 nitrogen and oxygen atoms in total. The van der Waals surface area contributed by atoms with E-state index in [4.69, 9.17) is 0 Å². The molecule has 2 aliphatic rings. The molecular weight excluding hydrogens is 542 g/mol. The van der Waals surface area contributed by atoms with Crippen LogP contribution in [0, 0.1) is 0 Å². The first-order valence-electron chi connectivity index (χ1n) is 8.90. The average molecular weight is 570 g/mol. The number of halogens is 2. The number of hydrogen-bond donors (Lipinski definition) is 0. The van der Waals surface area contributed by atoms with Gasteiger partial charge < -0.3 is 0 Å². The first kappa shape index (κ1) is 21.9. The number of fused-ring (bicyclic) bond motifs is 2. The molecule has 2 atom stereocenters. The monoisotopic (exact) mass is 570 g/mol. The molecule has 2 unspecified atom stereocenters. The smallest absolute Gasteiger partial charge is 0.147 e. The van der Waals surface area contributed by atoms with E-state index in [2.05, 4.69) is 90.8 Å². The molecule has 4 heteroatoms. The van der Waals surface area contributed by atoms with Crippen molar-refractivity contribution < 1.29 is 17.1 Å². The molecule has 0 saturated heterocycles. The Bertz CT molecular complexity index is 908. The number of allylic oxidation sites excluding steroid dienone is 2. The van der Waals surface area contributed by atoms with Gasteiger partial charge in [-0.05, 0) is 0 Å². The van der Waals surface area contributed by atoms with E-state index in [-0.39, 0.29) is 24.8 Å². The zero-order chi connectivity index (χ0) is 17.1. The van der Waals surface area contributed by atoms with Crippen LogP contribution in [0.3, 0.4) is 0 Å². The molecule has 26 heavy (non-hydrogen) atoms. The quantitative estimate of drug-likeness (QED) is 0.363. The van der Waals surface area contributed by atoms with Crippen molar-refractivity contribution in [1.82, 2.24) is 0 Å². The maximum absolute atomic E-state index is 3.28. The van der Waals surface area contributed by atoms with Crippen molar-refractivity contribution in [2.45, 2.75) is 30.6 Å². The molecule has 0 amide bonds. The topological polar surface area (TPSA) is 0 Å². The second-order valence-electron chi connectivity index (χ2n) is 8.84. The largest absolute Gasteiger partial charge is 0.147 e. The van der Waals surface area contributed by atoms with Gasteiger partial charge in [0.25, 0.3) is 0 Å². The molecule has 0 aromatic heterocycles. The van der Waals surface area contributed by atoms with E-state index in [1.165, 1.54) is 11.1 Å². The van der Waals surface area contributed by atoms with E-state index >= 15 is 0 Å². The van der Waals surface area contributed by atoms with Gasteiger partial charge in [-0.2, -0.15) is 0 Å². The summed E-state index contributed by atoms with van der Waals surface area (Å²) < 4.78 is 6.72. The summed E-state index contributed by atoms with van der Waals surface area (Å²) in [5.41, 5.74) is 9.25. The number of rotatable bonds is 2. The number of benzene rings is 2. The zero-order valence-electron chi connectivity index (χ0n) is 16.0. The van der Waals surface area contributed by atoms with E-state index < -0.39 is 17.1 Å². The van der Waals surface area contributed by atoms with Gasteiger partial charge in [-0.15, -0.1) is 24.8 Å². The Labute approximate surface area is 172 Å². The standard InChI is InChI=1S/2C10H9.2CH3.2ClH.Hf.H2Si/c2*1-8-6-9-4-2-3-5-10(9)7-8;;;;;;/h2*2-7H,1H3;2*1H3;2*1H;;1H2. The molecule has 2 aromatic carbocycles. The molecule has 0 N–H and O–H groups in total. The van der Waals surface area contributed by atoms with Gasteiger partial charge in [-0.3, -0.25) is 0 Å². The maximum Gasteiger partial charge on any atom is -0.147 e. The Morgan fingerprint density at radius 2 is 1.04 bits per heavy atom. The van der Waals surface area contributed by atoms with Crippen LogP contribution in [0.25, 0.3) is 12.2 Å². The van der Waals surface area contributed by atoms with E-state index in [0.717, 1.165) is 0 Å². The van der Waals surface area contributed by atoms with Crippen LogP contribution >= 0.6 is 24.8 Å². The van der Waals surface area contributed by atoms with Crippen molar-refractivity contribution in [2.75, 3.05) is 0 Å². The molecule has 0 spiro atoms. The third kappa shape index (κ3) is 3.17. The molecule has 0 aliphatic heterocycles. The van der Waals surface area contributed by atoms with Crippen LogP contribution < -0.4 is 0 Å². The van der Waals surface area contributed by atoms with Crippen LogP contribution in [0.2, 0.25) is 9.36 Å². The van der Waals surface area contributed by atoms with Crippen molar-refractivity contribution in [3.8, 4) is 0 Å². The first-order chi connectivity index (χ1) is 11.3. The van der Waals surface area contributed by atoms with Crippen LogP contribution in [0.1, 0.15) is 43.5 Å². The summed E-state index contributed by atoms with van der Waals surface area (Å²) in [5, 5.41) is 0. The third-order valence-electron chi connectivity index (χ3n) is 6.19. The van der Waals surface area contributed by atoms with Crippen molar-refractivity contribution in [1.29, 1.82) is 0 Å². The second kappa shape index (κ2) is 7.20. The average Bonchev–Trinajstić information content (AvgIpc) is 3.02. The summed E-state index contributed by atoms with van der Waals surface area (Å²) in [5.74, 6) is 0. The van der Waals surface area contributed by atoms with E-state index in [0.29, 0.717) is 7.35 Å². The van der Waals surface area contributed by atoms with Crippen molar-refractivity contribution >= 4 is 43.9 Å². The van der Waals surface area contributed by atoms with Gasteiger partial charge in [0.05, 0.1) is 0 Å². The SMILES string of the molecule is CC1=Cc2ccccc2[CH]1[Hf]([CH3])([CH3])(=[SiH2])[CH]1C(C)=Cc2ccccc21.Cl.Cl. The second-order valence-corrected chi connectivity index (χ2v) is 52.3. The minimum atomic E-state index is -3.28. The Balaban J connectivity index is 0.00000121. The summed E-state index contributed by atoms with van der Waals surface area (Å²) in [4.78, 5) is 0. The van der Waals surface area contributed by atoms with E-state index in [9.17, 15) is 0 Å². The summed E-state index contributed by atoms with van der Waals surface area (Å²) >= 11 is -3.28. The normalized spacial score (nSPS) is 21.0. The van der Waals surface area contributed by atoms with Crippen LogP contribution in [0.15, 0.2) is 59.7 Å². The van der Waals surface area contributed by atoms with Gasteiger partial charge in [-0.25, -0.2) is 0 Å².